The molecule has 0 spiro atoms. The molecule has 0 aromatic heterocycles. The van der Waals surface area contributed by atoms with Gasteiger partial charge in [0.2, 0.25) is 0 Å². The fourth-order valence-electron chi connectivity index (χ4n) is 4.37. The number of ether oxygens (including phenoxy) is 5. The lowest BCUT2D eigenvalue weighted by atomic mass is 9.92. The Labute approximate surface area is 295 Å². The van der Waals surface area contributed by atoms with Gasteiger partial charge in [-0.15, -0.1) is 0 Å². The first-order chi connectivity index (χ1) is 22.4. The summed E-state index contributed by atoms with van der Waals surface area (Å²) in [5, 5.41) is 3.77. The van der Waals surface area contributed by atoms with Crippen LogP contribution < -0.4 is 5.32 Å². The number of carbonyl (C=O) groups is 5. The second-order valence-electron chi connectivity index (χ2n) is 16.3. The van der Waals surface area contributed by atoms with E-state index < -0.39 is 82.2 Å². The zero-order chi connectivity index (χ0) is 37.5. The van der Waals surface area contributed by atoms with Crippen molar-refractivity contribution in [2.75, 3.05) is 6.61 Å². The molecule has 12 heteroatoms. The molecular weight excluding hydrogens is 654 g/mol. The van der Waals surface area contributed by atoms with Crippen LogP contribution in [-0.2, 0) is 47.7 Å². The average molecular weight is 708 g/mol. The highest BCUT2D eigenvalue weighted by molar-refractivity contribution is 6.31. The predicted molar refractivity (Wildman–Crippen MR) is 184 cm³/mol. The lowest BCUT2D eigenvalue weighted by molar-refractivity contribution is -0.266. The molecule has 6 atom stereocenters. The lowest BCUT2D eigenvalue weighted by Crippen LogP contribution is -2.66. The van der Waals surface area contributed by atoms with Gasteiger partial charge in [0.05, 0.1) is 21.7 Å². The first-order valence-electron chi connectivity index (χ1n) is 16.4. The minimum absolute atomic E-state index is 0.251. The second kappa shape index (κ2) is 16.6. The van der Waals surface area contributed by atoms with Crippen LogP contribution in [0.1, 0.15) is 101 Å². The number of nitrogens with one attached hydrogen (secondary N) is 1. The van der Waals surface area contributed by atoms with Gasteiger partial charge in [-0.2, -0.15) is 0 Å². The molecule has 1 heterocycles. The van der Waals surface area contributed by atoms with Crippen LogP contribution in [0.15, 0.2) is 36.4 Å². The van der Waals surface area contributed by atoms with Crippen LogP contribution in [0, 0.1) is 21.7 Å². The molecule has 11 nitrogen and oxygen atoms in total. The van der Waals surface area contributed by atoms with Crippen molar-refractivity contribution in [1.82, 2.24) is 5.32 Å². The van der Waals surface area contributed by atoms with Crippen molar-refractivity contribution in [3.63, 3.8) is 0 Å². The van der Waals surface area contributed by atoms with Crippen molar-refractivity contribution < 1.29 is 47.7 Å². The molecule has 274 valence electrons. The SMILES string of the molecule is CC(C)(C)C(=O)OC[C@H]1O[C@@H](N[C@@H](C/C=C/C=O)c2ccccc2Cl)[C@H](OC(=O)C(C)(C)C)[C@@H](OC(=O)C(C)(C)C)[C@H]1OC(=O)C(C)(C)C. The van der Waals surface area contributed by atoms with E-state index in [4.69, 9.17) is 35.3 Å². The first-order valence-corrected chi connectivity index (χ1v) is 16.8. The molecule has 1 aliphatic heterocycles. The van der Waals surface area contributed by atoms with Crippen LogP contribution in [0.2, 0.25) is 5.02 Å². The molecule has 0 radical (unpaired) electrons. The van der Waals surface area contributed by atoms with Gasteiger partial charge in [-0.1, -0.05) is 35.9 Å². The fourth-order valence-corrected chi connectivity index (χ4v) is 4.64. The number of halogens is 1. The summed E-state index contributed by atoms with van der Waals surface area (Å²) in [4.78, 5) is 64.6. The molecule has 1 saturated heterocycles. The third kappa shape index (κ3) is 12.2. The average Bonchev–Trinajstić information content (AvgIpc) is 2.96. The maximum atomic E-state index is 13.6. The Morgan fingerprint density at radius 3 is 1.69 bits per heavy atom. The van der Waals surface area contributed by atoms with Gasteiger partial charge in [-0.05, 0) is 107 Å². The monoisotopic (exact) mass is 707 g/mol. The smallest absolute Gasteiger partial charge is 0.311 e. The quantitative estimate of drug-likeness (QED) is 0.120. The third-order valence-corrected chi connectivity index (χ3v) is 7.77. The van der Waals surface area contributed by atoms with Crippen molar-refractivity contribution in [2.24, 2.45) is 21.7 Å². The fraction of sp³-hybridized carbons (Fsp3) is 0.649. The second-order valence-corrected chi connectivity index (χ2v) is 16.8. The van der Waals surface area contributed by atoms with E-state index in [0.717, 1.165) is 0 Å². The van der Waals surface area contributed by atoms with Crippen LogP contribution in [0.25, 0.3) is 0 Å². The van der Waals surface area contributed by atoms with Gasteiger partial charge in [0.15, 0.2) is 24.5 Å². The molecule has 1 aromatic carbocycles. The number of hydrogen-bond acceptors (Lipinski definition) is 11. The number of allylic oxidation sites excluding steroid dienone is 1. The van der Waals surface area contributed by atoms with Crippen molar-refractivity contribution in [2.45, 2.75) is 126 Å². The molecule has 1 N–H and O–H groups in total. The predicted octanol–water partition coefficient (Wildman–Crippen LogP) is 6.30. The van der Waals surface area contributed by atoms with Gasteiger partial charge in [-0.3, -0.25) is 29.3 Å². The summed E-state index contributed by atoms with van der Waals surface area (Å²) in [5.41, 5.74) is -3.21. The van der Waals surface area contributed by atoms with Crippen LogP contribution in [-0.4, -0.2) is 67.4 Å². The van der Waals surface area contributed by atoms with E-state index in [0.29, 0.717) is 16.9 Å². The zero-order valence-corrected chi connectivity index (χ0v) is 31.6. The summed E-state index contributed by atoms with van der Waals surface area (Å²) in [6, 6.07) is 6.45. The molecule has 0 amide bonds. The third-order valence-electron chi connectivity index (χ3n) is 7.42. The maximum absolute atomic E-state index is 13.6. The summed E-state index contributed by atoms with van der Waals surface area (Å²) < 4.78 is 30.4. The van der Waals surface area contributed by atoms with E-state index in [1.165, 1.54) is 6.08 Å². The molecule has 1 fully saturated rings. The Kier molecular flexibility index (Phi) is 14.2. The van der Waals surface area contributed by atoms with Crippen molar-refractivity contribution in [1.29, 1.82) is 0 Å². The van der Waals surface area contributed by atoms with E-state index in [-0.39, 0.29) is 13.0 Å². The summed E-state index contributed by atoms with van der Waals surface area (Å²) in [7, 11) is 0. The number of hydrogen-bond donors (Lipinski definition) is 1. The van der Waals surface area contributed by atoms with E-state index >= 15 is 0 Å². The van der Waals surface area contributed by atoms with Crippen LogP contribution in [0.5, 0.6) is 0 Å². The molecule has 0 aliphatic carbocycles. The van der Waals surface area contributed by atoms with E-state index in [1.54, 1.807) is 113 Å². The van der Waals surface area contributed by atoms with Crippen molar-refractivity contribution in [3.8, 4) is 0 Å². The number of carbonyl (C=O) groups excluding carboxylic acids is 5. The number of rotatable bonds is 11. The molecular formula is C37H54ClNO10. The molecule has 0 saturated carbocycles. The van der Waals surface area contributed by atoms with Gasteiger partial charge >= 0.3 is 23.9 Å². The van der Waals surface area contributed by atoms with Gasteiger partial charge in [0.25, 0.3) is 0 Å². The Morgan fingerprint density at radius 1 is 0.755 bits per heavy atom. The van der Waals surface area contributed by atoms with E-state index in [2.05, 4.69) is 5.32 Å². The standard InChI is InChI=1S/C37H54ClNO10/c1-34(2,3)30(41)45-21-25-26(47-31(42)35(4,5)6)27(48-32(43)36(7,8)9)28(49-33(44)37(10,11)12)29(46-25)39-24(19-15-16-20-40)22-17-13-14-18-23(22)38/h13-18,20,24-29,39H,19,21H2,1-12H3/b16-15+/t24-,25+,26-,27-,28+,29+/m0/s1. The van der Waals surface area contributed by atoms with E-state index in [1.807, 2.05) is 0 Å². The Bertz CT molecular complexity index is 1360. The van der Waals surface area contributed by atoms with Gasteiger partial charge in [-0.25, -0.2) is 0 Å². The highest BCUT2D eigenvalue weighted by Crippen LogP contribution is 2.35. The Balaban J connectivity index is 2.82. The van der Waals surface area contributed by atoms with Crippen LogP contribution >= 0.6 is 11.6 Å². The number of benzene rings is 1. The van der Waals surface area contributed by atoms with Gasteiger partial charge in [0, 0.05) is 11.1 Å². The van der Waals surface area contributed by atoms with Crippen molar-refractivity contribution >= 4 is 41.8 Å². The molecule has 0 unspecified atom stereocenters. The number of aldehydes is 1. The summed E-state index contributed by atoms with van der Waals surface area (Å²) in [6.45, 7) is 19.6. The zero-order valence-electron chi connectivity index (χ0n) is 30.9. The molecule has 49 heavy (non-hydrogen) atoms. The summed E-state index contributed by atoms with van der Waals surface area (Å²) in [5.74, 6) is -2.49. The largest absolute Gasteiger partial charge is 0.462 e. The topological polar surface area (TPSA) is 144 Å². The highest BCUT2D eigenvalue weighted by atomic mass is 35.5. The molecule has 1 aromatic rings. The van der Waals surface area contributed by atoms with Crippen LogP contribution in [0.3, 0.4) is 0 Å². The maximum Gasteiger partial charge on any atom is 0.311 e. The Hall–Kier alpha value is -3.28. The van der Waals surface area contributed by atoms with Gasteiger partial charge < -0.3 is 23.7 Å². The number of esters is 4. The Morgan fingerprint density at radius 2 is 1.22 bits per heavy atom. The normalized spacial score (nSPS) is 22.6. The van der Waals surface area contributed by atoms with Crippen LogP contribution in [0.4, 0.5) is 0 Å². The van der Waals surface area contributed by atoms with Crippen molar-refractivity contribution in [3.05, 3.63) is 47.0 Å². The first kappa shape index (κ1) is 41.9. The molecule has 0 bridgehead atoms. The summed E-state index contributed by atoms with van der Waals surface area (Å²) in [6.07, 6.45) is -2.68. The lowest BCUT2D eigenvalue weighted by Gasteiger charge is -2.47. The molecule has 1 aliphatic rings. The summed E-state index contributed by atoms with van der Waals surface area (Å²) >= 11 is 6.61. The minimum Gasteiger partial charge on any atom is -0.462 e. The minimum atomic E-state index is -1.41. The van der Waals surface area contributed by atoms with E-state index in [9.17, 15) is 24.0 Å². The molecule has 2 rings (SSSR count). The highest BCUT2D eigenvalue weighted by Gasteiger charge is 2.55. The van der Waals surface area contributed by atoms with Gasteiger partial charge in [0.1, 0.15) is 19.0 Å².